The maximum absolute atomic E-state index is 12.3. The number of esters is 1. The highest BCUT2D eigenvalue weighted by atomic mass is 16.5. The quantitative estimate of drug-likeness (QED) is 0.642. The lowest BCUT2D eigenvalue weighted by Crippen LogP contribution is -2.36. The number of amides is 1. The third-order valence-electron chi connectivity index (χ3n) is 4.98. The lowest BCUT2D eigenvalue weighted by molar-refractivity contribution is -0.119. The summed E-state index contributed by atoms with van der Waals surface area (Å²) in [5.74, 6) is -1.05. The van der Waals surface area contributed by atoms with E-state index in [4.69, 9.17) is 9.47 Å². The highest BCUT2D eigenvalue weighted by Crippen LogP contribution is 2.25. The molecule has 0 radical (unpaired) electrons. The highest BCUT2D eigenvalue weighted by Gasteiger charge is 2.21. The maximum Gasteiger partial charge on any atom is 0.355 e. The molecule has 0 bridgehead atoms. The number of morpholine rings is 1. The first-order valence-electron chi connectivity index (χ1n) is 9.63. The molecular weight excluding hydrogens is 374 g/mol. The minimum atomic E-state index is -0.698. The zero-order valence-electron chi connectivity index (χ0n) is 16.9. The molecule has 29 heavy (non-hydrogen) atoms. The number of H-pyrrole nitrogens is 1. The Balaban J connectivity index is 1.53. The number of nitrogens with one attached hydrogen (secondary N) is 2. The van der Waals surface area contributed by atoms with E-state index in [2.05, 4.69) is 15.2 Å². The number of carbonyl (C=O) groups excluding carboxylic acids is 2. The zero-order chi connectivity index (χ0) is 21.0. The molecule has 1 aliphatic rings. The number of aromatic amines is 1. The average Bonchev–Trinajstić information content (AvgIpc) is 3.01. The van der Waals surface area contributed by atoms with Gasteiger partial charge in [-0.15, -0.1) is 0 Å². The van der Waals surface area contributed by atoms with Gasteiger partial charge in [-0.2, -0.15) is 0 Å². The molecule has 1 aromatic carbocycles. The zero-order valence-corrected chi connectivity index (χ0v) is 16.9. The minimum absolute atomic E-state index is 0.251. The predicted octanol–water partition coefficient (Wildman–Crippen LogP) is 2.32. The Morgan fingerprint density at radius 1 is 1.24 bits per heavy atom. The normalized spacial score (nSPS) is 15.1. The lowest BCUT2D eigenvalue weighted by atomic mass is 10.1. The number of anilines is 2. The number of ether oxygens (including phenoxy) is 2. The van der Waals surface area contributed by atoms with Gasteiger partial charge in [0.15, 0.2) is 6.61 Å². The SMILES string of the molecule is Cc1[nH]c(C(=O)OCC(=O)Nc2ccc(N3CCOCC3)cc2)c(C)c1[C@@H](C)O. The average molecular weight is 401 g/mol. The van der Waals surface area contributed by atoms with Crippen LogP contribution in [0, 0.1) is 13.8 Å². The van der Waals surface area contributed by atoms with E-state index in [0.29, 0.717) is 35.7 Å². The first-order valence-corrected chi connectivity index (χ1v) is 9.63. The molecule has 1 atom stereocenters. The molecule has 3 N–H and O–H groups in total. The fourth-order valence-electron chi connectivity index (χ4n) is 3.57. The topological polar surface area (TPSA) is 104 Å². The molecule has 0 aliphatic carbocycles. The van der Waals surface area contributed by atoms with E-state index >= 15 is 0 Å². The summed E-state index contributed by atoms with van der Waals surface area (Å²) in [5.41, 5.74) is 3.95. The van der Waals surface area contributed by atoms with Crippen LogP contribution in [0.5, 0.6) is 0 Å². The van der Waals surface area contributed by atoms with Gasteiger partial charge in [-0.25, -0.2) is 4.79 Å². The summed E-state index contributed by atoms with van der Waals surface area (Å²) in [6.45, 7) is 7.86. The summed E-state index contributed by atoms with van der Waals surface area (Å²) >= 11 is 0. The molecule has 2 heterocycles. The molecule has 8 nitrogen and oxygen atoms in total. The van der Waals surface area contributed by atoms with Crippen LogP contribution in [-0.2, 0) is 14.3 Å². The van der Waals surface area contributed by atoms with Gasteiger partial charge in [0.05, 0.1) is 19.3 Å². The Bertz CT molecular complexity index is 867. The molecule has 156 valence electrons. The number of benzene rings is 1. The van der Waals surface area contributed by atoms with Crippen LogP contribution < -0.4 is 10.2 Å². The molecular formula is C21H27N3O5. The number of rotatable bonds is 6. The third kappa shape index (κ3) is 4.96. The second-order valence-corrected chi connectivity index (χ2v) is 7.11. The lowest BCUT2D eigenvalue weighted by Gasteiger charge is -2.28. The van der Waals surface area contributed by atoms with Crippen LogP contribution in [0.2, 0.25) is 0 Å². The number of hydrogen-bond donors (Lipinski definition) is 3. The molecule has 2 aromatic rings. The molecule has 0 saturated carbocycles. The Morgan fingerprint density at radius 3 is 2.48 bits per heavy atom. The summed E-state index contributed by atoms with van der Waals surface area (Å²) < 4.78 is 10.5. The molecule has 1 aromatic heterocycles. The number of aryl methyl sites for hydroxylation is 1. The molecule has 1 aliphatic heterocycles. The molecule has 1 saturated heterocycles. The maximum atomic E-state index is 12.3. The number of aromatic nitrogens is 1. The van der Waals surface area contributed by atoms with Gasteiger partial charge in [0.25, 0.3) is 5.91 Å². The van der Waals surface area contributed by atoms with E-state index in [1.54, 1.807) is 20.8 Å². The van der Waals surface area contributed by atoms with E-state index in [1.165, 1.54) is 0 Å². The van der Waals surface area contributed by atoms with E-state index < -0.39 is 24.6 Å². The Kier molecular flexibility index (Phi) is 6.56. The molecule has 0 spiro atoms. The number of carbonyl (C=O) groups is 2. The standard InChI is InChI=1S/C21H27N3O5/c1-13-19(15(3)25)14(2)22-20(13)21(27)29-12-18(26)23-16-4-6-17(7-5-16)24-8-10-28-11-9-24/h4-7,15,22,25H,8-12H2,1-3H3,(H,23,26)/t15-/m1/s1. The van der Waals surface area contributed by atoms with Crippen molar-refractivity contribution in [1.82, 2.24) is 4.98 Å². The van der Waals surface area contributed by atoms with Crippen molar-refractivity contribution < 1.29 is 24.2 Å². The second kappa shape index (κ2) is 9.11. The first-order chi connectivity index (χ1) is 13.9. The number of aliphatic hydroxyl groups excluding tert-OH is 1. The van der Waals surface area contributed by atoms with Crippen molar-refractivity contribution >= 4 is 23.3 Å². The molecule has 3 rings (SSSR count). The first kappa shape index (κ1) is 20.9. The Morgan fingerprint density at radius 2 is 1.90 bits per heavy atom. The molecule has 0 unspecified atom stereocenters. The number of hydrogen-bond acceptors (Lipinski definition) is 6. The number of aliphatic hydroxyl groups is 1. The van der Waals surface area contributed by atoms with E-state index in [-0.39, 0.29) is 5.69 Å². The summed E-state index contributed by atoms with van der Waals surface area (Å²) in [6.07, 6.45) is -0.698. The van der Waals surface area contributed by atoms with E-state index in [1.807, 2.05) is 24.3 Å². The smallest absolute Gasteiger partial charge is 0.355 e. The Labute approximate surface area is 169 Å². The van der Waals surface area contributed by atoms with Crippen LogP contribution in [0.3, 0.4) is 0 Å². The van der Waals surface area contributed by atoms with Crippen LogP contribution in [0.1, 0.15) is 40.3 Å². The van der Waals surface area contributed by atoms with Crippen molar-refractivity contribution in [3.05, 3.63) is 46.8 Å². The monoisotopic (exact) mass is 401 g/mol. The van der Waals surface area contributed by atoms with Crippen molar-refractivity contribution in [2.75, 3.05) is 43.1 Å². The van der Waals surface area contributed by atoms with Gasteiger partial charge in [-0.3, -0.25) is 4.79 Å². The minimum Gasteiger partial charge on any atom is -0.451 e. The predicted molar refractivity (Wildman–Crippen MR) is 109 cm³/mol. The summed E-state index contributed by atoms with van der Waals surface area (Å²) in [5, 5.41) is 12.5. The fraction of sp³-hybridized carbons (Fsp3) is 0.429. The van der Waals surface area contributed by atoms with Gasteiger partial charge in [-0.1, -0.05) is 0 Å². The van der Waals surface area contributed by atoms with Crippen molar-refractivity contribution in [3.8, 4) is 0 Å². The van der Waals surface area contributed by atoms with Crippen LogP contribution in [-0.4, -0.2) is 54.9 Å². The van der Waals surface area contributed by atoms with Gasteiger partial charge < -0.3 is 29.8 Å². The number of nitrogens with zero attached hydrogens (tertiary/aromatic N) is 1. The van der Waals surface area contributed by atoms with E-state index in [9.17, 15) is 14.7 Å². The van der Waals surface area contributed by atoms with Gasteiger partial charge in [0.2, 0.25) is 0 Å². The van der Waals surface area contributed by atoms with Crippen LogP contribution >= 0.6 is 0 Å². The fourth-order valence-corrected chi connectivity index (χ4v) is 3.57. The van der Waals surface area contributed by atoms with Gasteiger partial charge >= 0.3 is 5.97 Å². The van der Waals surface area contributed by atoms with Crippen LogP contribution in [0.4, 0.5) is 11.4 Å². The summed E-state index contributed by atoms with van der Waals surface area (Å²) in [4.78, 5) is 29.6. The van der Waals surface area contributed by atoms with Crippen molar-refractivity contribution in [2.24, 2.45) is 0 Å². The largest absolute Gasteiger partial charge is 0.451 e. The van der Waals surface area contributed by atoms with Crippen molar-refractivity contribution in [3.63, 3.8) is 0 Å². The highest BCUT2D eigenvalue weighted by molar-refractivity contribution is 5.95. The Hall–Kier alpha value is -2.84. The summed E-state index contributed by atoms with van der Waals surface area (Å²) in [6, 6.07) is 7.51. The van der Waals surface area contributed by atoms with Gasteiger partial charge in [-0.05, 0) is 50.6 Å². The third-order valence-corrected chi connectivity index (χ3v) is 4.98. The molecule has 1 fully saturated rings. The summed E-state index contributed by atoms with van der Waals surface area (Å²) in [7, 11) is 0. The molecule has 8 heteroatoms. The second-order valence-electron chi connectivity index (χ2n) is 7.11. The molecule has 1 amide bonds. The van der Waals surface area contributed by atoms with Crippen LogP contribution in [0.25, 0.3) is 0 Å². The van der Waals surface area contributed by atoms with E-state index in [0.717, 1.165) is 18.8 Å². The van der Waals surface area contributed by atoms with Crippen LogP contribution in [0.15, 0.2) is 24.3 Å². The van der Waals surface area contributed by atoms with Crippen molar-refractivity contribution in [2.45, 2.75) is 26.9 Å². The van der Waals surface area contributed by atoms with Gasteiger partial charge in [0.1, 0.15) is 5.69 Å². The van der Waals surface area contributed by atoms with Gasteiger partial charge in [0, 0.05) is 35.7 Å². The van der Waals surface area contributed by atoms with Crippen molar-refractivity contribution in [1.29, 1.82) is 0 Å².